The van der Waals surface area contributed by atoms with Gasteiger partial charge in [-0.3, -0.25) is 4.79 Å². The molecule has 0 atom stereocenters. The Morgan fingerprint density at radius 2 is 1.85 bits per heavy atom. The smallest absolute Gasteiger partial charge is 0.259 e. The van der Waals surface area contributed by atoms with Crippen LogP contribution >= 0.6 is 11.6 Å². The zero-order valence-electron chi connectivity index (χ0n) is 9.75. The maximum Gasteiger partial charge on any atom is 0.259 e. The van der Waals surface area contributed by atoms with E-state index in [0.717, 1.165) is 6.07 Å². The average Bonchev–Trinajstić information content (AvgIpc) is 2.35. The number of phenolic OH excluding ortho intramolecular Hbond substituents is 1. The molecule has 0 saturated heterocycles. The van der Waals surface area contributed by atoms with Gasteiger partial charge in [0, 0.05) is 17.2 Å². The number of hydrogen-bond donors (Lipinski definition) is 2. The van der Waals surface area contributed by atoms with E-state index in [1.54, 1.807) is 0 Å². The molecule has 0 aliphatic heterocycles. The number of aromatic hydroxyl groups is 1. The van der Waals surface area contributed by atoms with Gasteiger partial charge in [-0.15, -0.1) is 0 Å². The molecule has 0 heterocycles. The monoisotopic (exact) mass is 301 g/mol. The summed E-state index contributed by atoms with van der Waals surface area (Å²) < 4.78 is 39.3. The fraction of sp³-hybridized carbons (Fsp3) is 0. The second-order valence-electron chi connectivity index (χ2n) is 3.86. The minimum atomic E-state index is -1.43. The molecular formula is C13H7ClF3NO2. The third kappa shape index (κ3) is 2.85. The first-order valence-corrected chi connectivity index (χ1v) is 5.70. The molecule has 0 spiro atoms. The Bertz CT molecular complexity index is 692. The lowest BCUT2D eigenvalue weighted by Crippen LogP contribution is -2.14. The number of carbonyl (C=O) groups is 1. The molecule has 0 saturated carbocycles. The predicted octanol–water partition coefficient (Wildman–Crippen LogP) is 3.72. The Labute approximate surface area is 116 Å². The van der Waals surface area contributed by atoms with Crippen LogP contribution in [0, 0.1) is 17.5 Å². The molecule has 2 aromatic carbocycles. The Balaban J connectivity index is 2.32. The van der Waals surface area contributed by atoms with Gasteiger partial charge in [-0.05, 0) is 18.2 Å². The van der Waals surface area contributed by atoms with Crippen LogP contribution < -0.4 is 5.32 Å². The van der Waals surface area contributed by atoms with Gasteiger partial charge in [-0.25, -0.2) is 13.2 Å². The van der Waals surface area contributed by atoms with Gasteiger partial charge < -0.3 is 10.4 Å². The highest BCUT2D eigenvalue weighted by Crippen LogP contribution is 2.24. The van der Waals surface area contributed by atoms with Crippen LogP contribution in [0.1, 0.15) is 10.4 Å². The molecule has 2 N–H and O–H groups in total. The van der Waals surface area contributed by atoms with Crippen molar-refractivity contribution in [1.82, 2.24) is 0 Å². The third-order valence-corrected chi connectivity index (χ3v) is 2.68. The molecule has 104 valence electrons. The molecule has 0 aromatic heterocycles. The van der Waals surface area contributed by atoms with Crippen molar-refractivity contribution in [1.29, 1.82) is 0 Å². The standard InChI is InChI=1S/C13H7ClF3NO2/c14-6-1-2-8(11(19)3-6)13(20)18-10-5-7(15)4-9(16)12(10)17/h1-5,19H,(H,18,20). The first-order valence-electron chi connectivity index (χ1n) is 5.33. The molecule has 2 rings (SSSR count). The van der Waals surface area contributed by atoms with Crippen LogP contribution in [-0.4, -0.2) is 11.0 Å². The Kier molecular flexibility index (Phi) is 3.85. The fourth-order valence-corrected chi connectivity index (χ4v) is 1.70. The van der Waals surface area contributed by atoms with Crippen molar-refractivity contribution in [2.75, 3.05) is 5.32 Å². The third-order valence-electron chi connectivity index (χ3n) is 2.45. The second kappa shape index (κ2) is 5.42. The summed E-state index contributed by atoms with van der Waals surface area (Å²) in [5.74, 6) is -5.23. The van der Waals surface area contributed by atoms with E-state index in [9.17, 15) is 23.1 Å². The zero-order chi connectivity index (χ0) is 14.9. The number of carbonyl (C=O) groups excluding carboxylic acids is 1. The second-order valence-corrected chi connectivity index (χ2v) is 4.30. The van der Waals surface area contributed by atoms with E-state index >= 15 is 0 Å². The van der Waals surface area contributed by atoms with Crippen molar-refractivity contribution < 1.29 is 23.1 Å². The van der Waals surface area contributed by atoms with E-state index in [4.69, 9.17) is 11.6 Å². The molecule has 0 fully saturated rings. The van der Waals surface area contributed by atoms with Crippen molar-refractivity contribution >= 4 is 23.2 Å². The lowest BCUT2D eigenvalue weighted by Gasteiger charge is -2.08. The number of hydrogen-bond acceptors (Lipinski definition) is 2. The van der Waals surface area contributed by atoms with Crippen molar-refractivity contribution in [2.24, 2.45) is 0 Å². The quantitative estimate of drug-likeness (QED) is 0.831. The summed E-state index contributed by atoms with van der Waals surface area (Å²) in [6.45, 7) is 0. The molecule has 0 aliphatic rings. The van der Waals surface area contributed by atoms with Gasteiger partial charge in [-0.2, -0.15) is 0 Å². The summed E-state index contributed by atoms with van der Waals surface area (Å²) in [5.41, 5.74) is -0.875. The van der Waals surface area contributed by atoms with E-state index in [1.807, 2.05) is 5.32 Å². The summed E-state index contributed by atoms with van der Waals surface area (Å²) >= 11 is 5.60. The summed E-state index contributed by atoms with van der Waals surface area (Å²) in [6, 6.07) is 4.62. The maximum absolute atomic E-state index is 13.4. The number of rotatable bonds is 2. The number of anilines is 1. The van der Waals surface area contributed by atoms with Gasteiger partial charge >= 0.3 is 0 Å². The SMILES string of the molecule is O=C(Nc1cc(F)cc(F)c1F)c1ccc(Cl)cc1O. The van der Waals surface area contributed by atoms with E-state index in [1.165, 1.54) is 12.1 Å². The summed E-state index contributed by atoms with van der Waals surface area (Å²) in [7, 11) is 0. The maximum atomic E-state index is 13.4. The summed E-state index contributed by atoms with van der Waals surface area (Å²) in [5, 5.41) is 11.7. The van der Waals surface area contributed by atoms with Gasteiger partial charge in [0.05, 0.1) is 11.3 Å². The van der Waals surface area contributed by atoms with E-state index in [-0.39, 0.29) is 10.6 Å². The summed E-state index contributed by atoms with van der Waals surface area (Å²) in [6.07, 6.45) is 0. The Morgan fingerprint density at radius 1 is 1.15 bits per heavy atom. The zero-order valence-corrected chi connectivity index (χ0v) is 10.5. The normalized spacial score (nSPS) is 10.4. The van der Waals surface area contributed by atoms with Crippen LogP contribution in [0.5, 0.6) is 5.75 Å². The van der Waals surface area contributed by atoms with Gasteiger partial charge in [-0.1, -0.05) is 11.6 Å². The molecule has 2 aromatic rings. The highest BCUT2D eigenvalue weighted by atomic mass is 35.5. The van der Waals surface area contributed by atoms with Crippen molar-refractivity contribution in [3.05, 3.63) is 58.4 Å². The topological polar surface area (TPSA) is 49.3 Å². The van der Waals surface area contributed by atoms with Crippen LogP contribution in [0.2, 0.25) is 5.02 Å². The molecule has 0 aliphatic carbocycles. The van der Waals surface area contributed by atoms with E-state index < -0.39 is 34.8 Å². The van der Waals surface area contributed by atoms with Crippen molar-refractivity contribution in [2.45, 2.75) is 0 Å². The Hall–Kier alpha value is -2.21. The lowest BCUT2D eigenvalue weighted by molar-refractivity contribution is 0.102. The first kappa shape index (κ1) is 14.2. The molecule has 1 amide bonds. The highest BCUT2D eigenvalue weighted by molar-refractivity contribution is 6.30. The van der Waals surface area contributed by atoms with Crippen molar-refractivity contribution in [3.63, 3.8) is 0 Å². The number of nitrogens with one attached hydrogen (secondary N) is 1. The number of halogens is 4. The van der Waals surface area contributed by atoms with Crippen LogP contribution in [0.4, 0.5) is 18.9 Å². The minimum absolute atomic E-state index is 0.196. The highest BCUT2D eigenvalue weighted by Gasteiger charge is 2.16. The lowest BCUT2D eigenvalue weighted by atomic mass is 10.2. The number of amides is 1. The number of benzene rings is 2. The molecule has 20 heavy (non-hydrogen) atoms. The van der Waals surface area contributed by atoms with Crippen LogP contribution in [-0.2, 0) is 0 Å². The predicted molar refractivity (Wildman–Crippen MR) is 67.4 cm³/mol. The van der Waals surface area contributed by atoms with Crippen LogP contribution in [0.3, 0.4) is 0 Å². The summed E-state index contributed by atoms with van der Waals surface area (Å²) in [4.78, 5) is 11.8. The van der Waals surface area contributed by atoms with Crippen LogP contribution in [0.25, 0.3) is 0 Å². The molecule has 0 unspecified atom stereocenters. The largest absolute Gasteiger partial charge is 0.507 e. The van der Waals surface area contributed by atoms with Gasteiger partial charge in [0.1, 0.15) is 11.6 Å². The van der Waals surface area contributed by atoms with Gasteiger partial charge in [0.15, 0.2) is 11.6 Å². The first-order chi connectivity index (χ1) is 9.38. The van der Waals surface area contributed by atoms with E-state index in [0.29, 0.717) is 12.1 Å². The number of phenols is 1. The molecule has 7 heteroatoms. The Morgan fingerprint density at radius 3 is 2.50 bits per heavy atom. The van der Waals surface area contributed by atoms with Gasteiger partial charge in [0.2, 0.25) is 0 Å². The molecule has 0 radical (unpaired) electrons. The van der Waals surface area contributed by atoms with Crippen LogP contribution in [0.15, 0.2) is 30.3 Å². The van der Waals surface area contributed by atoms with Gasteiger partial charge in [0.25, 0.3) is 5.91 Å². The fourth-order valence-electron chi connectivity index (χ4n) is 1.53. The molecule has 0 bridgehead atoms. The minimum Gasteiger partial charge on any atom is -0.507 e. The molecule has 3 nitrogen and oxygen atoms in total. The van der Waals surface area contributed by atoms with E-state index in [2.05, 4.69) is 0 Å². The molecular weight excluding hydrogens is 295 g/mol. The van der Waals surface area contributed by atoms with Crippen molar-refractivity contribution in [3.8, 4) is 5.75 Å². The average molecular weight is 302 g/mol.